The summed E-state index contributed by atoms with van der Waals surface area (Å²) < 4.78 is 42.4. The number of methoxy groups -OCH3 is 2. The molecule has 2 aromatic rings. The predicted octanol–water partition coefficient (Wildman–Crippen LogP) is 3.72. The molecule has 0 radical (unpaired) electrons. The van der Waals surface area contributed by atoms with Crippen LogP contribution in [0.3, 0.4) is 0 Å². The maximum Gasteiger partial charge on any atom is 0.329 e. The summed E-state index contributed by atoms with van der Waals surface area (Å²) in [6.45, 7) is 4.87. The lowest BCUT2D eigenvalue weighted by molar-refractivity contribution is -0.152. The van der Waals surface area contributed by atoms with Gasteiger partial charge in [-0.05, 0) is 51.3 Å². The van der Waals surface area contributed by atoms with Gasteiger partial charge < -0.3 is 49.1 Å². The molecule has 4 unspecified atom stereocenters. The molecule has 0 saturated carbocycles. The molecule has 19 heteroatoms. The molecule has 8 heterocycles. The lowest BCUT2D eigenvalue weighted by Gasteiger charge is -2.61. The Kier molecular flexibility index (Phi) is 11.8. The number of carbonyl (C=O) groups is 4. The van der Waals surface area contributed by atoms with Gasteiger partial charge in [-0.25, -0.2) is 9.59 Å². The summed E-state index contributed by atoms with van der Waals surface area (Å²) in [7, 11) is 5.19. The number of thioether (sulfide) groups is 2. The van der Waals surface area contributed by atoms with Crippen molar-refractivity contribution in [1.29, 1.82) is 5.26 Å². The molecule has 0 aromatic heterocycles. The highest BCUT2D eigenvalue weighted by molar-refractivity contribution is 8.00. The molecule has 10 atom stereocenters. The second-order valence-electron chi connectivity index (χ2n) is 16.9. The van der Waals surface area contributed by atoms with Crippen LogP contribution in [0.4, 0.5) is 4.79 Å². The SMILES string of the molecule is COCOc1c(OC)c(C)cc2c1[C@@H]1C3[C@@H]4SC[C@H](NC(=O)CCCCC5SCC6NC(=O)NC65)C(=O)OC[C@H](c5c6c(c(C)c(OC(C)=O)c54)OCO6)N3[C@@H](C#N)[C@H](C2)N1C. The first-order valence-corrected chi connectivity index (χ1v) is 23.2. The number of nitrogens with one attached hydrogen (secondary N) is 3. The van der Waals surface area contributed by atoms with Gasteiger partial charge in [-0.2, -0.15) is 17.0 Å². The number of aryl methyl sites for hydroxylation is 1. The fourth-order valence-corrected chi connectivity index (χ4v) is 13.9. The van der Waals surface area contributed by atoms with E-state index in [4.69, 9.17) is 33.2 Å². The number of hydrogen-bond donors (Lipinski definition) is 3. The summed E-state index contributed by atoms with van der Waals surface area (Å²) in [5.41, 5.74) is 4.72. The molecule has 4 fully saturated rings. The summed E-state index contributed by atoms with van der Waals surface area (Å²) in [5, 5.41) is 19.9. The Bertz CT molecular complexity index is 2220. The van der Waals surface area contributed by atoms with Crippen LogP contribution in [0.2, 0.25) is 0 Å². The topological polar surface area (TPSA) is 199 Å². The normalized spacial score (nSPS) is 30.4. The first-order valence-electron chi connectivity index (χ1n) is 21.1. The van der Waals surface area contributed by atoms with E-state index in [-0.39, 0.29) is 67.7 Å². The van der Waals surface area contributed by atoms with Crippen molar-refractivity contribution in [3.8, 4) is 34.8 Å². The summed E-state index contributed by atoms with van der Waals surface area (Å²) in [4.78, 5) is 56.9. The first kappa shape index (κ1) is 42.7. The second kappa shape index (κ2) is 17.2. The molecule has 17 nitrogen and oxygen atoms in total. The monoisotopic (exact) mass is 892 g/mol. The van der Waals surface area contributed by atoms with E-state index in [0.717, 1.165) is 35.3 Å². The van der Waals surface area contributed by atoms with E-state index in [1.165, 1.54) is 18.7 Å². The molecule has 62 heavy (non-hydrogen) atoms. The Hall–Kier alpha value is -4.61. The van der Waals surface area contributed by atoms with E-state index in [1.807, 2.05) is 32.7 Å². The smallest absolute Gasteiger partial charge is 0.329 e. The average molecular weight is 893 g/mol. The quantitative estimate of drug-likeness (QED) is 0.0969. The standard InChI is InChI=1S/C43H52N6O11S2/c1-19-11-22-12-25-26(13-44)49-27-14-56-42(52)24(45-29(51)10-8-7-9-28-33-23(15-61-28)46-43(53)47-33)16-62-41(32-31(27)40-38(58-18-59-40)20(2)37(32)60-21(3)50)35(49)34(48(25)4)30(22)39(36(19)55-6)57-17-54-5/h11,23-28,33-35,41H,7-10,12,14-18H2,1-6H3,(H,45,51)(H2,46,47,53)/t23?,24-,25-,26-,27+,28?,33?,34+,35?,41+/m0/s1. The molecule has 2 aromatic carbocycles. The molecule has 4 saturated heterocycles. The fourth-order valence-electron chi connectivity index (χ4n) is 10.8. The van der Waals surface area contributed by atoms with Gasteiger partial charge in [0.25, 0.3) is 0 Å². The van der Waals surface area contributed by atoms with Gasteiger partial charge in [-0.3, -0.25) is 19.4 Å². The van der Waals surface area contributed by atoms with Crippen LogP contribution in [-0.4, -0.2) is 128 Å². The number of amides is 3. The van der Waals surface area contributed by atoms with Crippen LogP contribution in [0, 0.1) is 25.2 Å². The average Bonchev–Trinajstić information content (AvgIpc) is 3.97. The highest BCUT2D eigenvalue weighted by atomic mass is 32.2. The Morgan fingerprint density at radius 1 is 1.02 bits per heavy atom. The number of nitriles is 1. The number of rotatable bonds is 11. The van der Waals surface area contributed by atoms with Crippen molar-refractivity contribution >= 4 is 47.4 Å². The fraction of sp³-hybridized carbons (Fsp3) is 0.605. The van der Waals surface area contributed by atoms with Gasteiger partial charge in [-0.15, -0.1) is 11.8 Å². The molecule has 3 amide bonds. The van der Waals surface area contributed by atoms with Crippen molar-refractivity contribution in [1.82, 2.24) is 25.8 Å². The minimum atomic E-state index is -0.996. The molecule has 0 aliphatic carbocycles. The minimum absolute atomic E-state index is 0.0300. The van der Waals surface area contributed by atoms with E-state index in [1.54, 1.807) is 14.2 Å². The number of piperazine rings is 1. The van der Waals surface area contributed by atoms with Crippen molar-refractivity contribution in [3.05, 3.63) is 39.4 Å². The zero-order valence-corrected chi connectivity index (χ0v) is 37.2. The van der Waals surface area contributed by atoms with Gasteiger partial charge in [0.05, 0.1) is 42.6 Å². The van der Waals surface area contributed by atoms with Crippen LogP contribution < -0.4 is 39.6 Å². The zero-order valence-electron chi connectivity index (χ0n) is 35.6. The van der Waals surface area contributed by atoms with Crippen molar-refractivity contribution in [2.24, 2.45) is 0 Å². The maximum atomic E-state index is 14.1. The number of ether oxygens (including phenoxy) is 7. The van der Waals surface area contributed by atoms with E-state index in [9.17, 15) is 24.4 Å². The number of likely N-dealkylation sites (N-methyl/N-ethyl adjacent to an activating group) is 1. The Labute approximate surface area is 368 Å². The third kappa shape index (κ3) is 7.15. The lowest BCUT2D eigenvalue weighted by atomic mass is 9.71. The number of carbonyl (C=O) groups excluding carboxylic acids is 4. The van der Waals surface area contributed by atoms with Gasteiger partial charge in [0.15, 0.2) is 29.8 Å². The molecular weight excluding hydrogens is 841 g/mol. The van der Waals surface area contributed by atoms with Crippen LogP contribution in [-0.2, 0) is 30.3 Å². The summed E-state index contributed by atoms with van der Waals surface area (Å²) in [6, 6.07) is 1.25. The van der Waals surface area contributed by atoms with Crippen molar-refractivity contribution in [3.63, 3.8) is 0 Å². The number of unbranched alkanes of at least 4 members (excludes halogenated alkanes) is 1. The van der Waals surface area contributed by atoms with E-state index in [2.05, 4.69) is 37.9 Å². The molecular formula is C43H52N6O11S2. The third-order valence-corrected chi connectivity index (χ3v) is 16.3. The van der Waals surface area contributed by atoms with Gasteiger partial charge in [-0.1, -0.05) is 12.5 Å². The first-order chi connectivity index (χ1) is 29.9. The van der Waals surface area contributed by atoms with Crippen LogP contribution in [0.25, 0.3) is 0 Å². The number of hydrogen-bond acceptors (Lipinski definition) is 16. The molecule has 4 bridgehead atoms. The molecule has 8 aliphatic rings. The Morgan fingerprint density at radius 2 is 1.82 bits per heavy atom. The largest absolute Gasteiger partial charge is 0.493 e. The van der Waals surface area contributed by atoms with Gasteiger partial charge >= 0.3 is 18.0 Å². The van der Waals surface area contributed by atoms with Crippen molar-refractivity contribution in [2.45, 2.75) is 112 Å². The van der Waals surface area contributed by atoms with Gasteiger partial charge in [0, 0.05) is 71.5 Å². The van der Waals surface area contributed by atoms with E-state index < -0.39 is 47.4 Å². The number of nitrogens with zero attached hydrogens (tertiary/aromatic N) is 3. The van der Waals surface area contributed by atoms with Crippen LogP contribution in [0.1, 0.15) is 83.3 Å². The number of urea groups is 1. The second-order valence-corrected chi connectivity index (χ2v) is 19.3. The van der Waals surface area contributed by atoms with Gasteiger partial charge in [0.1, 0.15) is 24.4 Å². The van der Waals surface area contributed by atoms with E-state index in [0.29, 0.717) is 58.3 Å². The molecule has 8 aliphatic heterocycles. The molecule has 332 valence electrons. The third-order valence-electron chi connectivity index (χ3n) is 13.4. The predicted molar refractivity (Wildman–Crippen MR) is 227 cm³/mol. The summed E-state index contributed by atoms with van der Waals surface area (Å²) in [6.07, 6.45) is 3.01. The maximum absolute atomic E-state index is 14.1. The molecule has 0 spiro atoms. The number of esters is 2. The highest BCUT2D eigenvalue weighted by Gasteiger charge is 2.61. The van der Waals surface area contributed by atoms with Crippen LogP contribution in [0.5, 0.6) is 28.7 Å². The van der Waals surface area contributed by atoms with Crippen LogP contribution >= 0.6 is 23.5 Å². The lowest BCUT2D eigenvalue weighted by Crippen LogP contribution is -2.69. The van der Waals surface area contributed by atoms with E-state index >= 15 is 0 Å². The summed E-state index contributed by atoms with van der Waals surface area (Å²) >= 11 is 3.27. The number of fused-ring (bicyclic) bond motifs is 11. The Balaban J connectivity index is 1.10. The molecule has 3 N–H and O–H groups in total. The van der Waals surface area contributed by atoms with Crippen molar-refractivity contribution in [2.75, 3.05) is 53.0 Å². The van der Waals surface area contributed by atoms with Gasteiger partial charge in [0.2, 0.25) is 12.7 Å². The van der Waals surface area contributed by atoms with Crippen molar-refractivity contribution < 1.29 is 52.3 Å². The summed E-state index contributed by atoms with van der Waals surface area (Å²) in [5.74, 6) is 1.95. The highest BCUT2D eigenvalue weighted by Crippen LogP contribution is 2.64. The molecule has 10 rings (SSSR count). The Morgan fingerprint density at radius 3 is 2.58 bits per heavy atom. The van der Waals surface area contributed by atoms with Crippen LogP contribution in [0.15, 0.2) is 6.07 Å². The number of benzene rings is 2. The minimum Gasteiger partial charge on any atom is -0.493 e. The zero-order chi connectivity index (χ0) is 43.6.